The number of nitrogens with zero attached hydrogens (tertiary/aromatic N) is 2. The number of para-hydroxylation sites is 1. The van der Waals surface area contributed by atoms with Crippen molar-refractivity contribution < 1.29 is 18.7 Å². The second-order valence-electron chi connectivity index (χ2n) is 5.46. The predicted molar refractivity (Wildman–Crippen MR) is 94.0 cm³/mol. The molecule has 0 aliphatic rings. The van der Waals surface area contributed by atoms with Crippen LogP contribution in [-0.4, -0.2) is 28.7 Å². The van der Waals surface area contributed by atoms with Crippen molar-refractivity contribution in [3.8, 4) is 5.75 Å². The average Bonchev–Trinajstić information content (AvgIpc) is 3.30. The Kier molecular flexibility index (Phi) is 5.02. The molecule has 0 aliphatic carbocycles. The first kappa shape index (κ1) is 17.3. The topological polar surface area (TPSA) is 98.4 Å². The first-order valence-electron chi connectivity index (χ1n) is 7.87. The fraction of sp³-hybridized carbons (Fsp3) is 0.167. The van der Waals surface area contributed by atoms with Gasteiger partial charge in [-0.15, -0.1) is 0 Å². The van der Waals surface area contributed by atoms with E-state index in [0.29, 0.717) is 18.1 Å². The summed E-state index contributed by atoms with van der Waals surface area (Å²) in [6.45, 7) is 0.299. The molecule has 8 heteroatoms. The van der Waals surface area contributed by atoms with Gasteiger partial charge in [0.1, 0.15) is 11.6 Å². The van der Waals surface area contributed by atoms with Crippen molar-refractivity contribution in [3.63, 3.8) is 0 Å². The van der Waals surface area contributed by atoms with E-state index in [0.717, 1.165) is 5.56 Å². The number of methoxy groups -OCH3 is 1. The number of hydrogen-bond acceptors (Lipinski definition) is 5. The molecule has 0 unspecified atom stereocenters. The lowest BCUT2D eigenvalue weighted by Gasteiger charge is -2.08. The first-order chi connectivity index (χ1) is 12.6. The minimum Gasteiger partial charge on any atom is -0.496 e. The summed E-state index contributed by atoms with van der Waals surface area (Å²) in [6, 6.07) is 12.1. The molecule has 0 saturated heterocycles. The lowest BCUT2D eigenvalue weighted by atomic mass is 10.2. The lowest BCUT2D eigenvalue weighted by Crippen LogP contribution is -2.23. The van der Waals surface area contributed by atoms with Crippen LogP contribution in [0.3, 0.4) is 0 Å². The van der Waals surface area contributed by atoms with E-state index >= 15 is 0 Å². The van der Waals surface area contributed by atoms with Crippen LogP contribution in [0, 0.1) is 0 Å². The molecule has 2 aromatic heterocycles. The van der Waals surface area contributed by atoms with Gasteiger partial charge in [0.15, 0.2) is 11.5 Å². The van der Waals surface area contributed by atoms with Crippen LogP contribution in [-0.2, 0) is 13.6 Å². The largest absolute Gasteiger partial charge is 0.496 e. The van der Waals surface area contributed by atoms with E-state index in [1.165, 1.54) is 17.0 Å². The van der Waals surface area contributed by atoms with Gasteiger partial charge in [-0.1, -0.05) is 18.2 Å². The van der Waals surface area contributed by atoms with Gasteiger partial charge in [0.25, 0.3) is 11.8 Å². The molecule has 2 heterocycles. The summed E-state index contributed by atoms with van der Waals surface area (Å²) < 4.78 is 11.7. The summed E-state index contributed by atoms with van der Waals surface area (Å²) in [5, 5.41) is 9.56. The molecule has 0 fully saturated rings. The Balaban J connectivity index is 1.66. The third-order valence-corrected chi connectivity index (χ3v) is 3.73. The summed E-state index contributed by atoms with van der Waals surface area (Å²) in [4.78, 5) is 24.4. The SMILES string of the molecule is COc1ccccc1CNC(=O)c1cc(NC(=O)c2ccco2)n(C)n1. The van der Waals surface area contributed by atoms with Crippen molar-refractivity contribution >= 4 is 17.6 Å². The average molecular weight is 354 g/mol. The maximum absolute atomic E-state index is 12.3. The lowest BCUT2D eigenvalue weighted by molar-refractivity contribution is 0.0944. The van der Waals surface area contributed by atoms with E-state index in [1.807, 2.05) is 24.3 Å². The zero-order valence-corrected chi connectivity index (χ0v) is 14.4. The van der Waals surface area contributed by atoms with Crippen molar-refractivity contribution in [2.45, 2.75) is 6.54 Å². The second-order valence-corrected chi connectivity index (χ2v) is 5.46. The van der Waals surface area contributed by atoms with E-state index in [9.17, 15) is 9.59 Å². The number of benzene rings is 1. The molecule has 0 radical (unpaired) electrons. The number of aryl methyl sites for hydroxylation is 1. The van der Waals surface area contributed by atoms with E-state index in [-0.39, 0.29) is 17.4 Å². The zero-order valence-electron chi connectivity index (χ0n) is 14.4. The predicted octanol–water partition coefficient (Wildman–Crippen LogP) is 2.20. The van der Waals surface area contributed by atoms with Gasteiger partial charge in [-0.05, 0) is 18.2 Å². The molecule has 0 saturated carbocycles. The van der Waals surface area contributed by atoms with Crippen LogP contribution in [0.1, 0.15) is 26.6 Å². The van der Waals surface area contributed by atoms with Crippen molar-refractivity contribution in [2.75, 3.05) is 12.4 Å². The molecule has 2 N–H and O–H groups in total. The smallest absolute Gasteiger partial charge is 0.292 e. The van der Waals surface area contributed by atoms with E-state index in [1.54, 1.807) is 26.3 Å². The minimum absolute atomic E-state index is 0.174. The van der Waals surface area contributed by atoms with Gasteiger partial charge in [0.2, 0.25) is 0 Å². The summed E-state index contributed by atoms with van der Waals surface area (Å²) in [7, 11) is 3.21. The van der Waals surface area contributed by atoms with Crippen LogP contribution in [0.25, 0.3) is 0 Å². The molecule has 1 aromatic carbocycles. The Hall–Kier alpha value is -3.55. The molecular formula is C18H18N4O4. The molecule has 3 rings (SSSR count). The van der Waals surface area contributed by atoms with Crippen LogP contribution >= 0.6 is 0 Å². The van der Waals surface area contributed by atoms with Gasteiger partial charge in [-0.25, -0.2) is 0 Å². The highest BCUT2D eigenvalue weighted by molar-refractivity contribution is 6.02. The number of anilines is 1. The summed E-state index contributed by atoms with van der Waals surface area (Å²) >= 11 is 0. The highest BCUT2D eigenvalue weighted by Crippen LogP contribution is 2.17. The van der Waals surface area contributed by atoms with E-state index < -0.39 is 5.91 Å². The minimum atomic E-state index is -0.418. The first-order valence-corrected chi connectivity index (χ1v) is 7.87. The number of rotatable bonds is 6. The molecule has 0 atom stereocenters. The van der Waals surface area contributed by atoms with Gasteiger partial charge in [0, 0.05) is 25.2 Å². The Morgan fingerprint density at radius 1 is 1.19 bits per heavy atom. The number of nitrogens with one attached hydrogen (secondary N) is 2. The molecular weight excluding hydrogens is 336 g/mol. The standard InChI is InChI=1S/C18H18N4O4/c1-22-16(20-18(24)15-8-5-9-26-15)10-13(21-22)17(23)19-11-12-6-3-4-7-14(12)25-2/h3-10H,11H2,1-2H3,(H,19,23)(H,20,24). The van der Waals surface area contributed by atoms with Crippen molar-refractivity contribution in [1.29, 1.82) is 0 Å². The maximum Gasteiger partial charge on any atom is 0.292 e. The molecule has 134 valence electrons. The monoisotopic (exact) mass is 354 g/mol. The molecule has 0 bridgehead atoms. The van der Waals surface area contributed by atoms with Gasteiger partial charge in [-0.3, -0.25) is 14.3 Å². The number of furan rings is 1. The highest BCUT2D eigenvalue weighted by Gasteiger charge is 2.16. The number of amides is 2. The molecule has 8 nitrogen and oxygen atoms in total. The maximum atomic E-state index is 12.3. The van der Waals surface area contributed by atoms with Gasteiger partial charge < -0.3 is 19.8 Å². The number of carbonyl (C=O) groups is 2. The molecule has 2 amide bonds. The molecule has 3 aromatic rings. The van der Waals surface area contributed by atoms with Crippen LogP contribution in [0.2, 0.25) is 0 Å². The van der Waals surface area contributed by atoms with Crippen molar-refractivity contribution in [2.24, 2.45) is 7.05 Å². The van der Waals surface area contributed by atoms with Gasteiger partial charge in [-0.2, -0.15) is 5.10 Å². The van der Waals surface area contributed by atoms with E-state index in [4.69, 9.17) is 9.15 Å². The summed E-state index contributed by atoms with van der Waals surface area (Å²) in [5.74, 6) is 0.478. The van der Waals surface area contributed by atoms with Crippen LogP contribution in [0.15, 0.2) is 53.1 Å². The normalized spacial score (nSPS) is 10.4. The molecule has 26 heavy (non-hydrogen) atoms. The highest BCUT2D eigenvalue weighted by atomic mass is 16.5. The van der Waals surface area contributed by atoms with Crippen molar-refractivity contribution in [3.05, 3.63) is 65.7 Å². The number of carbonyl (C=O) groups excluding carboxylic acids is 2. The van der Waals surface area contributed by atoms with E-state index in [2.05, 4.69) is 15.7 Å². The Morgan fingerprint density at radius 3 is 2.73 bits per heavy atom. The third-order valence-electron chi connectivity index (χ3n) is 3.73. The fourth-order valence-electron chi connectivity index (χ4n) is 2.40. The van der Waals surface area contributed by atoms with Gasteiger partial charge in [0.05, 0.1) is 13.4 Å². The number of hydrogen-bond donors (Lipinski definition) is 2. The second kappa shape index (κ2) is 7.56. The molecule has 0 aliphatic heterocycles. The Morgan fingerprint density at radius 2 is 2.00 bits per heavy atom. The number of ether oxygens (including phenoxy) is 1. The van der Waals surface area contributed by atoms with Crippen LogP contribution < -0.4 is 15.4 Å². The Labute approximate surface area is 149 Å². The molecule has 0 spiro atoms. The van der Waals surface area contributed by atoms with Gasteiger partial charge >= 0.3 is 0 Å². The summed E-state index contributed by atoms with van der Waals surface area (Å²) in [5.41, 5.74) is 1.04. The zero-order chi connectivity index (χ0) is 18.5. The number of aromatic nitrogens is 2. The van der Waals surface area contributed by atoms with Crippen LogP contribution in [0.5, 0.6) is 5.75 Å². The summed E-state index contributed by atoms with van der Waals surface area (Å²) in [6.07, 6.45) is 1.41. The quantitative estimate of drug-likeness (QED) is 0.707. The fourth-order valence-corrected chi connectivity index (χ4v) is 2.40. The Bertz CT molecular complexity index is 915. The van der Waals surface area contributed by atoms with Crippen LogP contribution in [0.4, 0.5) is 5.82 Å². The third kappa shape index (κ3) is 3.75. The van der Waals surface area contributed by atoms with Crippen molar-refractivity contribution in [1.82, 2.24) is 15.1 Å².